The Morgan fingerprint density at radius 3 is 0.738 bits per heavy atom. The van der Waals surface area contributed by atoms with Crippen LogP contribution < -0.4 is 19.6 Å². The Morgan fingerprint density at radius 1 is 0.400 bits per heavy atom. The van der Waals surface area contributed by atoms with Gasteiger partial charge in [0.05, 0.1) is 22.7 Å². The number of benzene rings is 4. The number of anilines is 4. The second kappa shape index (κ2) is 20.3. The highest BCUT2D eigenvalue weighted by Crippen LogP contribution is 2.55. The van der Waals surface area contributed by atoms with Crippen LogP contribution in [0.3, 0.4) is 0 Å². The molecule has 9 heteroatoms. The summed E-state index contributed by atoms with van der Waals surface area (Å²) in [6, 6.07) is 26.9. The lowest BCUT2D eigenvalue weighted by Crippen LogP contribution is -2.37. The first-order valence-corrected chi connectivity index (χ1v) is 26.1. The number of para-hydroxylation sites is 4. The third kappa shape index (κ3) is 9.96. The average molecular weight is 895 g/mol. The molecule has 0 aliphatic carbocycles. The molecule has 0 atom stereocenters. The maximum Gasteiger partial charge on any atom is 0.311 e. The van der Waals surface area contributed by atoms with Crippen LogP contribution in [0.15, 0.2) is 93.7 Å². The van der Waals surface area contributed by atoms with Gasteiger partial charge in [0.15, 0.2) is 0 Å². The highest BCUT2D eigenvalue weighted by Gasteiger charge is 2.40. The van der Waals surface area contributed by atoms with E-state index in [0.29, 0.717) is 38.1 Å². The van der Waals surface area contributed by atoms with E-state index in [9.17, 15) is 5.16 Å². The van der Waals surface area contributed by atoms with Gasteiger partial charge >= 0.3 is 7.51 Å². The van der Waals surface area contributed by atoms with Gasteiger partial charge in [-0.3, -0.25) is 5.16 Å². The van der Waals surface area contributed by atoms with E-state index in [1.807, 2.05) is 0 Å². The van der Waals surface area contributed by atoms with Gasteiger partial charge in [0.2, 0.25) is 11.9 Å². The Balaban J connectivity index is 1.75. The fourth-order valence-electron chi connectivity index (χ4n) is 9.86. The summed E-state index contributed by atoms with van der Waals surface area (Å²) in [7, 11) is -3.80. The molecular weight excluding hydrogens is 816 g/mol. The number of rotatable bonds is 15. The van der Waals surface area contributed by atoms with Crippen LogP contribution in [0.2, 0.25) is 0 Å². The van der Waals surface area contributed by atoms with Crippen molar-refractivity contribution in [1.82, 2.24) is 0 Å². The van der Waals surface area contributed by atoms with Crippen molar-refractivity contribution in [2.45, 2.75) is 158 Å². The van der Waals surface area contributed by atoms with Gasteiger partial charge in [0.25, 0.3) is 0 Å². The summed E-state index contributed by atoms with van der Waals surface area (Å²) < 4.78 is 16.3. The minimum Gasteiger partial charge on any atom is -0.310 e. The van der Waals surface area contributed by atoms with Gasteiger partial charge in [-0.1, -0.05) is 184 Å². The molecule has 8 nitrogen and oxygen atoms in total. The van der Waals surface area contributed by atoms with Gasteiger partial charge in [-0.15, -0.1) is 0 Å². The van der Waals surface area contributed by atoms with E-state index < -0.39 is 7.51 Å². The SMILES string of the molecule is C=C=NP(=N)(N=C1N(c2c(C(C)C)cccc2C(C)C)CCN1c1c(C(C)C)cccc1C(C)C)N=C1N(c2c(C(C)C)cccc2C(C)C)CCN1c1c(C(C)C)cccc1C(C)C. The van der Waals surface area contributed by atoms with Gasteiger partial charge in [0.1, 0.15) is 0 Å². The molecule has 4 aromatic rings. The number of guanidine groups is 2. The number of hydrogen-bond acceptors (Lipinski definition) is 1. The number of nitrogens with zero attached hydrogens (tertiary/aromatic N) is 7. The van der Waals surface area contributed by atoms with Gasteiger partial charge in [-0.25, -0.2) is 0 Å². The van der Waals surface area contributed by atoms with Crippen LogP contribution in [-0.2, 0) is 0 Å². The Labute approximate surface area is 393 Å². The van der Waals surface area contributed by atoms with Crippen molar-refractivity contribution in [3.8, 4) is 0 Å². The van der Waals surface area contributed by atoms with Crippen LogP contribution in [0, 0.1) is 5.16 Å². The van der Waals surface area contributed by atoms with Crippen molar-refractivity contribution < 1.29 is 0 Å². The topological polar surface area (TPSA) is 73.9 Å². The summed E-state index contributed by atoms with van der Waals surface area (Å²) in [6.07, 6.45) is 0. The van der Waals surface area contributed by atoms with E-state index in [1.54, 1.807) is 0 Å². The van der Waals surface area contributed by atoms with Gasteiger partial charge in [-0.2, -0.15) is 14.3 Å². The second-order valence-electron chi connectivity index (χ2n) is 20.6. The highest BCUT2D eigenvalue weighted by molar-refractivity contribution is 7.61. The molecule has 0 saturated carbocycles. The van der Waals surface area contributed by atoms with Crippen molar-refractivity contribution in [1.29, 1.82) is 5.16 Å². The van der Waals surface area contributed by atoms with Crippen LogP contribution >= 0.6 is 7.51 Å². The van der Waals surface area contributed by atoms with Gasteiger partial charge in [0, 0.05) is 26.2 Å². The number of hydrogen-bond donors (Lipinski definition) is 1. The number of nitrogens with one attached hydrogen (secondary N) is 1. The lowest BCUT2D eigenvalue weighted by Gasteiger charge is -2.33. The molecule has 1 N–H and O–H groups in total. The Kier molecular flexibility index (Phi) is 15.5. The van der Waals surface area contributed by atoms with Crippen molar-refractivity contribution in [2.75, 3.05) is 45.8 Å². The van der Waals surface area contributed by atoms with E-state index >= 15 is 0 Å². The third-order valence-corrected chi connectivity index (χ3v) is 14.5. The molecule has 2 heterocycles. The van der Waals surface area contributed by atoms with E-state index in [1.165, 1.54) is 67.3 Å². The van der Waals surface area contributed by atoms with E-state index in [2.05, 4.69) is 216 Å². The molecule has 2 aliphatic rings. The Hall–Kier alpha value is -4.90. The first kappa shape index (κ1) is 49.5. The molecular formula is C56H79N8P. The van der Waals surface area contributed by atoms with E-state index in [0.717, 1.165) is 0 Å². The lowest BCUT2D eigenvalue weighted by molar-refractivity contribution is 0.821. The predicted molar refractivity (Wildman–Crippen MR) is 285 cm³/mol. The average Bonchev–Trinajstić information content (AvgIpc) is 3.85. The maximum absolute atomic E-state index is 10.7. The third-order valence-electron chi connectivity index (χ3n) is 13.2. The lowest BCUT2D eigenvalue weighted by atomic mass is 9.91. The van der Waals surface area contributed by atoms with Crippen LogP contribution in [0.1, 0.15) is 203 Å². The fraction of sp³-hybridized carbons (Fsp3) is 0.500. The van der Waals surface area contributed by atoms with Crippen LogP contribution in [0.4, 0.5) is 22.7 Å². The standard InChI is InChI=1S/C56H79N8P/c1-18-58-65(57,59-55-61(51-43(35(2)3)23-19-24-44(51)36(4)5)31-32-62(55)52-45(37(6)7)25-20-26-46(52)38(8)9)60-56-63(53-47(39(10)11)27-21-28-48(53)40(12)13)33-34-64(56)54-49(41(14)15)29-22-30-50(54)42(16)17/h19-30,35-42,57H,1,31-34H2,2-17H3. The van der Waals surface area contributed by atoms with Crippen molar-refractivity contribution in [2.24, 2.45) is 14.3 Å². The van der Waals surface area contributed by atoms with Crippen molar-refractivity contribution in [3.63, 3.8) is 0 Å². The molecule has 0 amide bonds. The fourth-order valence-corrected chi connectivity index (χ4v) is 11.1. The minimum atomic E-state index is -3.80. The molecule has 0 radical (unpaired) electrons. The molecule has 4 aromatic carbocycles. The zero-order valence-corrected chi connectivity index (χ0v) is 43.6. The van der Waals surface area contributed by atoms with Crippen molar-refractivity contribution >= 4 is 48.0 Å². The maximum atomic E-state index is 10.7. The molecule has 0 aromatic heterocycles. The first-order valence-electron chi connectivity index (χ1n) is 24.4. The summed E-state index contributed by atoms with van der Waals surface area (Å²) in [5.74, 6) is 6.43. The summed E-state index contributed by atoms with van der Waals surface area (Å²) in [5, 5.41) is 10.7. The molecule has 0 spiro atoms. The van der Waals surface area contributed by atoms with Gasteiger partial charge < -0.3 is 19.6 Å². The second-order valence-corrected chi connectivity index (χ2v) is 22.3. The summed E-state index contributed by atoms with van der Waals surface area (Å²) in [4.78, 5) is 9.59. The zero-order chi connectivity index (χ0) is 47.7. The molecule has 2 fully saturated rings. The summed E-state index contributed by atoms with van der Waals surface area (Å²) >= 11 is 0. The molecule has 2 aliphatic heterocycles. The van der Waals surface area contributed by atoms with E-state index in [4.69, 9.17) is 14.3 Å². The monoisotopic (exact) mass is 895 g/mol. The normalized spacial score (nSPS) is 14.9. The van der Waals surface area contributed by atoms with Crippen LogP contribution in [-0.4, -0.2) is 44.0 Å². The summed E-state index contributed by atoms with van der Waals surface area (Å²) in [5.41, 5.74) is 14.9. The van der Waals surface area contributed by atoms with Gasteiger partial charge in [-0.05, 0) is 104 Å². The van der Waals surface area contributed by atoms with Crippen molar-refractivity contribution in [3.05, 3.63) is 124 Å². The molecule has 65 heavy (non-hydrogen) atoms. The molecule has 6 rings (SSSR count). The first-order chi connectivity index (χ1) is 30.7. The Morgan fingerprint density at radius 2 is 0.585 bits per heavy atom. The van der Waals surface area contributed by atoms with Crippen LogP contribution in [0.5, 0.6) is 0 Å². The molecule has 348 valence electrons. The molecule has 0 bridgehead atoms. The minimum absolute atomic E-state index is 0.267. The Bertz CT molecular complexity index is 2090. The summed E-state index contributed by atoms with van der Waals surface area (Å²) in [6.45, 7) is 43.3. The highest BCUT2D eigenvalue weighted by atomic mass is 31.2. The smallest absolute Gasteiger partial charge is 0.310 e. The predicted octanol–water partition coefficient (Wildman–Crippen LogP) is 16.1. The molecule has 0 unspecified atom stereocenters. The largest absolute Gasteiger partial charge is 0.311 e. The zero-order valence-electron chi connectivity index (χ0n) is 42.7. The van der Waals surface area contributed by atoms with E-state index in [-0.39, 0.29) is 47.3 Å². The quantitative estimate of drug-likeness (QED) is 0.0953. The van der Waals surface area contributed by atoms with Crippen LogP contribution in [0.25, 0.3) is 0 Å². The molecule has 2 saturated heterocycles.